The number of benzene rings is 1. The highest BCUT2D eigenvalue weighted by molar-refractivity contribution is 5.77. The molecule has 1 fully saturated rings. The molecule has 0 bridgehead atoms. The average molecular weight is 334 g/mol. The number of non-ortho nitro benzene ring substituents is 1. The molecule has 24 heavy (non-hydrogen) atoms. The predicted molar refractivity (Wildman–Crippen MR) is 91.4 cm³/mol. The number of carbonyl (C=O) groups excluding carboxylic acids is 1. The van der Waals surface area contributed by atoms with Crippen molar-refractivity contribution < 1.29 is 14.8 Å². The molecule has 1 aromatic carbocycles. The van der Waals surface area contributed by atoms with Gasteiger partial charge in [-0.25, -0.2) is 0 Å². The summed E-state index contributed by atoms with van der Waals surface area (Å²) >= 11 is 0. The lowest BCUT2D eigenvalue weighted by atomic mass is 9.82. The van der Waals surface area contributed by atoms with Gasteiger partial charge in [-0.1, -0.05) is 31.4 Å². The van der Waals surface area contributed by atoms with Crippen LogP contribution in [0.25, 0.3) is 0 Å². The maximum Gasteiger partial charge on any atom is 0.269 e. The van der Waals surface area contributed by atoms with E-state index in [9.17, 15) is 20.0 Å². The SMILES string of the molecule is CC(C)N(Cc1ccc([N+](=O)[O-])cc1)C(=O)CC1(O)CCCCC1. The average Bonchev–Trinajstić information content (AvgIpc) is 2.52. The Morgan fingerprint density at radius 2 is 1.83 bits per heavy atom. The van der Waals surface area contributed by atoms with Crippen molar-refractivity contribution in [3.63, 3.8) is 0 Å². The number of hydrogen-bond donors (Lipinski definition) is 1. The van der Waals surface area contributed by atoms with Crippen LogP contribution < -0.4 is 0 Å². The zero-order valence-corrected chi connectivity index (χ0v) is 14.4. The van der Waals surface area contributed by atoms with Crippen LogP contribution in [0, 0.1) is 10.1 Å². The summed E-state index contributed by atoms with van der Waals surface area (Å²) in [5.41, 5.74) is 0.00813. The summed E-state index contributed by atoms with van der Waals surface area (Å²) in [6.07, 6.45) is 4.57. The fourth-order valence-electron chi connectivity index (χ4n) is 3.25. The summed E-state index contributed by atoms with van der Waals surface area (Å²) in [5, 5.41) is 21.3. The van der Waals surface area contributed by atoms with Crippen LogP contribution in [0.1, 0.15) is 57.9 Å². The van der Waals surface area contributed by atoms with E-state index in [1.54, 1.807) is 17.0 Å². The number of carbonyl (C=O) groups is 1. The first kappa shape index (κ1) is 18.4. The van der Waals surface area contributed by atoms with E-state index in [4.69, 9.17) is 0 Å². The van der Waals surface area contributed by atoms with Crippen molar-refractivity contribution in [3.8, 4) is 0 Å². The Labute approximate surface area is 142 Å². The van der Waals surface area contributed by atoms with Crippen LogP contribution in [0.4, 0.5) is 5.69 Å². The topological polar surface area (TPSA) is 83.7 Å². The van der Waals surface area contributed by atoms with Crippen molar-refractivity contribution in [3.05, 3.63) is 39.9 Å². The van der Waals surface area contributed by atoms with Gasteiger partial charge in [0.1, 0.15) is 0 Å². The van der Waals surface area contributed by atoms with Crippen LogP contribution in [0.15, 0.2) is 24.3 Å². The molecule has 2 rings (SSSR count). The Kier molecular flexibility index (Phi) is 5.94. The molecule has 0 unspecified atom stereocenters. The third kappa shape index (κ3) is 4.77. The molecule has 6 nitrogen and oxygen atoms in total. The largest absolute Gasteiger partial charge is 0.389 e. The molecule has 0 atom stereocenters. The number of aliphatic hydroxyl groups is 1. The highest BCUT2D eigenvalue weighted by Crippen LogP contribution is 2.31. The molecule has 1 aromatic rings. The predicted octanol–water partition coefficient (Wildman–Crippen LogP) is 3.42. The van der Waals surface area contributed by atoms with Gasteiger partial charge in [-0.2, -0.15) is 0 Å². The number of hydrogen-bond acceptors (Lipinski definition) is 4. The zero-order valence-electron chi connectivity index (χ0n) is 14.4. The molecule has 0 saturated heterocycles. The number of nitro benzene ring substituents is 1. The lowest BCUT2D eigenvalue weighted by Gasteiger charge is -2.35. The number of nitro groups is 1. The molecule has 0 aliphatic heterocycles. The molecular weight excluding hydrogens is 308 g/mol. The highest BCUT2D eigenvalue weighted by atomic mass is 16.6. The fraction of sp³-hybridized carbons (Fsp3) is 0.611. The highest BCUT2D eigenvalue weighted by Gasteiger charge is 2.33. The van der Waals surface area contributed by atoms with Crippen LogP contribution in [0.3, 0.4) is 0 Å². The van der Waals surface area contributed by atoms with Crippen molar-refractivity contribution in [1.82, 2.24) is 4.90 Å². The van der Waals surface area contributed by atoms with Crippen molar-refractivity contribution in [2.45, 2.75) is 70.6 Å². The quantitative estimate of drug-likeness (QED) is 0.638. The Morgan fingerprint density at radius 1 is 1.25 bits per heavy atom. The van der Waals surface area contributed by atoms with Gasteiger partial charge in [0.25, 0.3) is 5.69 Å². The number of amides is 1. The van der Waals surface area contributed by atoms with Crippen molar-refractivity contribution in [2.75, 3.05) is 0 Å². The molecule has 0 aromatic heterocycles. The van der Waals surface area contributed by atoms with Gasteiger partial charge < -0.3 is 10.0 Å². The van der Waals surface area contributed by atoms with Gasteiger partial charge in [0.05, 0.1) is 16.9 Å². The summed E-state index contributed by atoms with van der Waals surface area (Å²) < 4.78 is 0. The Hall–Kier alpha value is -1.95. The zero-order chi connectivity index (χ0) is 17.7. The summed E-state index contributed by atoms with van der Waals surface area (Å²) in [6.45, 7) is 4.27. The summed E-state index contributed by atoms with van der Waals surface area (Å²) in [4.78, 5) is 24.7. The van der Waals surface area contributed by atoms with Gasteiger partial charge in [-0.05, 0) is 32.3 Å². The second-order valence-electron chi connectivity index (χ2n) is 7.00. The lowest BCUT2D eigenvalue weighted by molar-refractivity contribution is -0.384. The standard InChI is InChI=1S/C18H26N2O4/c1-14(2)19(13-15-6-8-16(9-7-15)20(23)24)17(21)12-18(22)10-4-3-5-11-18/h6-9,14,22H,3-5,10-13H2,1-2H3. The second kappa shape index (κ2) is 7.75. The van der Waals surface area contributed by atoms with Gasteiger partial charge in [-0.3, -0.25) is 14.9 Å². The number of rotatable bonds is 6. The van der Waals surface area contributed by atoms with Crippen LogP contribution in [-0.4, -0.2) is 32.5 Å². The molecule has 1 aliphatic rings. The summed E-state index contributed by atoms with van der Waals surface area (Å²) in [5.74, 6) is -0.0623. The van der Waals surface area contributed by atoms with Crippen LogP contribution in [-0.2, 0) is 11.3 Å². The van der Waals surface area contributed by atoms with E-state index in [0.29, 0.717) is 19.4 Å². The minimum atomic E-state index is -0.877. The minimum Gasteiger partial charge on any atom is -0.389 e. The first-order chi connectivity index (χ1) is 11.3. The second-order valence-corrected chi connectivity index (χ2v) is 7.00. The monoisotopic (exact) mass is 334 g/mol. The molecule has 1 N–H and O–H groups in total. The van der Waals surface area contributed by atoms with E-state index in [1.807, 2.05) is 13.8 Å². The fourth-order valence-corrected chi connectivity index (χ4v) is 3.25. The first-order valence-electron chi connectivity index (χ1n) is 8.56. The first-order valence-corrected chi connectivity index (χ1v) is 8.56. The van der Waals surface area contributed by atoms with E-state index in [-0.39, 0.29) is 24.1 Å². The van der Waals surface area contributed by atoms with Gasteiger partial charge in [0.15, 0.2) is 0 Å². The van der Waals surface area contributed by atoms with Gasteiger partial charge in [0, 0.05) is 24.7 Å². The van der Waals surface area contributed by atoms with Crippen molar-refractivity contribution in [1.29, 1.82) is 0 Å². The third-order valence-corrected chi connectivity index (χ3v) is 4.71. The van der Waals surface area contributed by atoms with Crippen molar-refractivity contribution >= 4 is 11.6 Å². The van der Waals surface area contributed by atoms with E-state index < -0.39 is 10.5 Å². The molecule has 1 amide bonds. The Bertz CT molecular complexity index is 577. The summed E-state index contributed by atoms with van der Waals surface area (Å²) in [7, 11) is 0. The van der Waals surface area contributed by atoms with E-state index in [1.165, 1.54) is 12.1 Å². The third-order valence-electron chi connectivity index (χ3n) is 4.71. The Morgan fingerprint density at radius 3 is 2.33 bits per heavy atom. The minimum absolute atomic E-state index is 0.000109. The van der Waals surface area contributed by atoms with Gasteiger partial charge in [0.2, 0.25) is 5.91 Å². The maximum atomic E-state index is 12.7. The smallest absolute Gasteiger partial charge is 0.269 e. The lowest BCUT2D eigenvalue weighted by Crippen LogP contribution is -2.43. The number of nitrogens with zero attached hydrogens (tertiary/aromatic N) is 2. The van der Waals surface area contributed by atoms with E-state index in [2.05, 4.69) is 0 Å². The van der Waals surface area contributed by atoms with Crippen LogP contribution >= 0.6 is 0 Å². The molecule has 132 valence electrons. The maximum absolute atomic E-state index is 12.7. The molecular formula is C18H26N2O4. The van der Waals surface area contributed by atoms with E-state index in [0.717, 1.165) is 24.8 Å². The van der Waals surface area contributed by atoms with Crippen LogP contribution in [0.5, 0.6) is 0 Å². The molecule has 0 spiro atoms. The molecule has 0 radical (unpaired) electrons. The normalized spacial score (nSPS) is 16.8. The van der Waals surface area contributed by atoms with E-state index >= 15 is 0 Å². The Balaban J connectivity index is 2.05. The van der Waals surface area contributed by atoms with Gasteiger partial charge >= 0.3 is 0 Å². The molecule has 1 aliphatic carbocycles. The van der Waals surface area contributed by atoms with Crippen LogP contribution in [0.2, 0.25) is 0 Å². The summed E-state index contributed by atoms with van der Waals surface area (Å²) in [6, 6.07) is 6.26. The van der Waals surface area contributed by atoms with Gasteiger partial charge in [-0.15, -0.1) is 0 Å². The van der Waals surface area contributed by atoms with Crippen molar-refractivity contribution in [2.24, 2.45) is 0 Å². The molecule has 1 saturated carbocycles. The molecule has 6 heteroatoms. The molecule has 0 heterocycles.